The first-order valence-electron chi connectivity index (χ1n) is 8.35. The third kappa shape index (κ3) is 3.93. The molecule has 0 aliphatic carbocycles. The van der Waals surface area contributed by atoms with Gasteiger partial charge in [0.25, 0.3) is 0 Å². The first kappa shape index (κ1) is 15.3. The van der Waals surface area contributed by atoms with Crippen LogP contribution in [0.2, 0.25) is 0 Å². The van der Waals surface area contributed by atoms with Gasteiger partial charge in [0.05, 0.1) is 0 Å². The Kier molecular flexibility index (Phi) is 5.67. The average molecular weight is 267 g/mol. The van der Waals surface area contributed by atoms with Crippen molar-refractivity contribution in [1.29, 1.82) is 0 Å². The summed E-state index contributed by atoms with van der Waals surface area (Å²) in [7, 11) is 0. The molecule has 4 atom stereocenters. The molecule has 0 bridgehead atoms. The molecule has 0 aromatic rings. The van der Waals surface area contributed by atoms with Crippen molar-refractivity contribution in [2.24, 2.45) is 0 Å². The highest BCUT2D eigenvalue weighted by atomic mass is 15.3. The van der Waals surface area contributed by atoms with Crippen LogP contribution in [0.5, 0.6) is 0 Å². The SMILES string of the molecule is CCCC(C)NCC(C)N1CC2CCCN2CC1C. The van der Waals surface area contributed by atoms with Crippen molar-refractivity contribution in [2.45, 2.75) is 77.5 Å². The van der Waals surface area contributed by atoms with Gasteiger partial charge in [-0.3, -0.25) is 9.80 Å². The van der Waals surface area contributed by atoms with Gasteiger partial charge in [-0.15, -0.1) is 0 Å². The molecule has 1 N–H and O–H groups in total. The third-order valence-corrected chi connectivity index (χ3v) is 5.04. The van der Waals surface area contributed by atoms with E-state index in [0.29, 0.717) is 18.1 Å². The van der Waals surface area contributed by atoms with Crippen LogP contribution in [-0.2, 0) is 0 Å². The van der Waals surface area contributed by atoms with E-state index in [4.69, 9.17) is 0 Å². The maximum absolute atomic E-state index is 3.71. The fraction of sp³-hybridized carbons (Fsp3) is 1.00. The molecule has 0 aromatic carbocycles. The molecule has 3 nitrogen and oxygen atoms in total. The Morgan fingerprint density at radius 2 is 2.05 bits per heavy atom. The molecule has 0 saturated carbocycles. The predicted octanol–water partition coefficient (Wildman–Crippen LogP) is 2.32. The van der Waals surface area contributed by atoms with E-state index in [0.717, 1.165) is 12.6 Å². The van der Waals surface area contributed by atoms with Crippen molar-refractivity contribution in [2.75, 3.05) is 26.2 Å². The van der Waals surface area contributed by atoms with E-state index in [-0.39, 0.29) is 0 Å². The van der Waals surface area contributed by atoms with Gasteiger partial charge in [0.15, 0.2) is 0 Å². The van der Waals surface area contributed by atoms with Crippen LogP contribution in [0.3, 0.4) is 0 Å². The van der Waals surface area contributed by atoms with Gasteiger partial charge < -0.3 is 5.32 Å². The molecule has 19 heavy (non-hydrogen) atoms. The topological polar surface area (TPSA) is 18.5 Å². The maximum Gasteiger partial charge on any atom is 0.0224 e. The highest BCUT2D eigenvalue weighted by molar-refractivity contribution is 4.92. The van der Waals surface area contributed by atoms with E-state index >= 15 is 0 Å². The van der Waals surface area contributed by atoms with Gasteiger partial charge in [-0.1, -0.05) is 13.3 Å². The second-order valence-electron chi connectivity index (χ2n) is 6.78. The molecular formula is C16H33N3. The lowest BCUT2D eigenvalue weighted by Crippen LogP contribution is -2.59. The van der Waals surface area contributed by atoms with E-state index in [1.54, 1.807) is 0 Å². The predicted molar refractivity (Wildman–Crippen MR) is 82.6 cm³/mol. The van der Waals surface area contributed by atoms with Crippen molar-refractivity contribution in [1.82, 2.24) is 15.1 Å². The summed E-state index contributed by atoms with van der Waals surface area (Å²) in [6.45, 7) is 14.4. The van der Waals surface area contributed by atoms with Gasteiger partial charge in [0.1, 0.15) is 0 Å². The van der Waals surface area contributed by atoms with Crippen LogP contribution >= 0.6 is 0 Å². The highest BCUT2D eigenvalue weighted by Crippen LogP contribution is 2.25. The summed E-state index contributed by atoms with van der Waals surface area (Å²) in [6.07, 6.45) is 5.39. The summed E-state index contributed by atoms with van der Waals surface area (Å²) < 4.78 is 0. The van der Waals surface area contributed by atoms with Crippen LogP contribution in [0.25, 0.3) is 0 Å². The molecule has 0 amide bonds. The van der Waals surface area contributed by atoms with Gasteiger partial charge in [-0.05, 0) is 46.6 Å². The first-order valence-corrected chi connectivity index (χ1v) is 8.35. The second-order valence-corrected chi connectivity index (χ2v) is 6.78. The number of nitrogens with one attached hydrogen (secondary N) is 1. The average Bonchev–Trinajstić information content (AvgIpc) is 2.82. The van der Waals surface area contributed by atoms with Crippen molar-refractivity contribution >= 4 is 0 Å². The summed E-state index contributed by atoms with van der Waals surface area (Å²) >= 11 is 0. The van der Waals surface area contributed by atoms with Crippen LogP contribution in [0.1, 0.15) is 53.4 Å². The van der Waals surface area contributed by atoms with Gasteiger partial charge in [-0.2, -0.15) is 0 Å². The Balaban J connectivity index is 1.79. The summed E-state index contributed by atoms with van der Waals surface area (Å²) in [4.78, 5) is 5.44. The fourth-order valence-electron chi connectivity index (χ4n) is 3.85. The monoisotopic (exact) mass is 267 g/mol. The Labute approximate surface area is 119 Å². The van der Waals surface area contributed by atoms with Crippen LogP contribution in [0.4, 0.5) is 0 Å². The molecule has 0 radical (unpaired) electrons. The molecule has 2 aliphatic rings. The van der Waals surface area contributed by atoms with Crippen molar-refractivity contribution in [3.8, 4) is 0 Å². The lowest BCUT2D eigenvalue weighted by Gasteiger charge is -2.45. The molecule has 0 aromatic heterocycles. The molecule has 2 aliphatic heterocycles. The van der Waals surface area contributed by atoms with Gasteiger partial charge in [0, 0.05) is 43.8 Å². The van der Waals surface area contributed by atoms with E-state index in [9.17, 15) is 0 Å². The summed E-state index contributed by atoms with van der Waals surface area (Å²) in [5, 5.41) is 3.71. The van der Waals surface area contributed by atoms with Crippen molar-refractivity contribution < 1.29 is 0 Å². The molecule has 2 saturated heterocycles. The lowest BCUT2D eigenvalue weighted by molar-refractivity contribution is 0.0325. The van der Waals surface area contributed by atoms with E-state index in [1.165, 1.54) is 45.3 Å². The summed E-state index contributed by atoms with van der Waals surface area (Å²) in [5.74, 6) is 0. The molecule has 112 valence electrons. The van der Waals surface area contributed by atoms with Crippen LogP contribution < -0.4 is 5.32 Å². The first-order chi connectivity index (χ1) is 9.11. The number of hydrogen-bond acceptors (Lipinski definition) is 3. The Bertz CT molecular complexity index is 269. The van der Waals surface area contributed by atoms with Crippen LogP contribution in [0.15, 0.2) is 0 Å². The van der Waals surface area contributed by atoms with Crippen LogP contribution in [0, 0.1) is 0 Å². The zero-order chi connectivity index (χ0) is 13.8. The minimum atomic E-state index is 0.663. The lowest BCUT2D eigenvalue weighted by atomic mass is 10.1. The van der Waals surface area contributed by atoms with Gasteiger partial charge >= 0.3 is 0 Å². The molecule has 0 spiro atoms. The Hall–Kier alpha value is -0.120. The zero-order valence-electron chi connectivity index (χ0n) is 13.4. The largest absolute Gasteiger partial charge is 0.313 e. The minimum absolute atomic E-state index is 0.663. The third-order valence-electron chi connectivity index (χ3n) is 5.04. The normalized spacial score (nSPS) is 32.2. The number of fused-ring (bicyclic) bond motifs is 1. The fourth-order valence-corrected chi connectivity index (χ4v) is 3.85. The molecule has 2 rings (SSSR count). The molecule has 4 unspecified atom stereocenters. The van der Waals surface area contributed by atoms with E-state index in [1.807, 2.05) is 0 Å². The highest BCUT2D eigenvalue weighted by Gasteiger charge is 2.35. The van der Waals surface area contributed by atoms with E-state index in [2.05, 4.69) is 42.8 Å². The molecule has 2 heterocycles. The summed E-state index contributed by atoms with van der Waals surface area (Å²) in [6, 6.07) is 2.88. The standard InChI is InChI=1S/C16H33N3/c1-5-7-13(2)17-10-14(3)19-12-16-8-6-9-18(16)11-15(19)4/h13-17H,5-12H2,1-4H3. The number of nitrogens with zero attached hydrogens (tertiary/aromatic N) is 2. The smallest absolute Gasteiger partial charge is 0.0224 e. The molecular weight excluding hydrogens is 234 g/mol. The van der Waals surface area contributed by atoms with Crippen molar-refractivity contribution in [3.63, 3.8) is 0 Å². The van der Waals surface area contributed by atoms with Gasteiger partial charge in [0.2, 0.25) is 0 Å². The van der Waals surface area contributed by atoms with Gasteiger partial charge in [-0.25, -0.2) is 0 Å². The zero-order valence-corrected chi connectivity index (χ0v) is 13.4. The number of rotatable bonds is 6. The summed E-state index contributed by atoms with van der Waals surface area (Å²) in [5.41, 5.74) is 0. The molecule has 3 heteroatoms. The maximum atomic E-state index is 3.71. The number of hydrogen-bond donors (Lipinski definition) is 1. The van der Waals surface area contributed by atoms with Crippen LogP contribution in [-0.4, -0.2) is 60.1 Å². The second kappa shape index (κ2) is 7.05. The van der Waals surface area contributed by atoms with Crippen molar-refractivity contribution in [3.05, 3.63) is 0 Å². The van der Waals surface area contributed by atoms with E-state index < -0.39 is 0 Å². The Morgan fingerprint density at radius 3 is 2.79 bits per heavy atom. The Morgan fingerprint density at radius 1 is 1.26 bits per heavy atom. The number of piperazine rings is 1. The minimum Gasteiger partial charge on any atom is -0.313 e. The quantitative estimate of drug-likeness (QED) is 0.797. The molecule has 2 fully saturated rings.